The van der Waals surface area contributed by atoms with Gasteiger partial charge in [0.1, 0.15) is 9.90 Å². The van der Waals surface area contributed by atoms with Crippen LogP contribution < -0.4 is 4.72 Å². The fourth-order valence-electron chi connectivity index (χ4n) is 1.46. The SMILES string of the molecule is CCc1nnc(NS(=O)(=O)c2cc(CO)ccc2Cl)s1. The van der Waals surface area contributed by atoms with E-state index in [4.69, 9.17) is 16.7 Å². The van der Waals surface area contributed by atoms with E-state index in [1.807, 2.05) is 6.92 Å². The zero-order valence-corrected chi connectivity index (χ0v) is 12.9. The highest BCUT2D eigenvalue weighted by Crippen LogP contribution is 2.26. The number of hydrogen-bond donors (Lipinski definition) is 2. The summed E-state index contributed by atoms with van der Waals surface area (Å²) in [5.41, 5.74) is 0.460. The zero-order chi connectivity index (χ0) is 14.8. The summed E-state index contributed by atoms with van der Waals surface area (Å²) in [5.74, 6) is 0. The van der Waals surface area contributed by atoms with E-state index in [0.29, 0.717) is 12.0 Å². The Morgan fingerprint density at radius 1 is 1.40 bits per heavy atom. The average molecular weight is 334 g/mol. The molecule has 0 amide bonds. The van der Waals surface area contributed by atoms with Crippen molar-refractivity contribution in [2.45, 2.75) is 24.8 Å². The number of rotatable bonds is 5. The van der Waals surface area contributed by atoms with E-state index in [9.17, 15) is 8.42 Å². The molecule has 0 unspecified atom stereocenters. The first-order chi connectivity index (χ1) is 9.46. The van der Waals surface area contributed by atoms with E-state index < -0.39 is 10.0 Å². The van der Waals surface area contributed by atoms with Crippen LogP contribution in [0.15, 0.2) is 23.1 Å². The van der Waals surface area contributed by atoms with E-state index in [-0.39, 0.29) is 21.7 Å². The van der Waals surface area contributed by atoms with Crippen molar-refractivity contribution in [1.82, 2.24) is 10.2 Å². The maximum absolute atomic E-state index is 12.2. The second kappa shape index (κ2) is 6.04. The van der Waals surface area contributed by atoms with Crippen LogP contribution in [0.1, 0.15) is 17.5 Å². The fraction of sp³-hybridized carbons (Fsp3) is 0.273. The molecule has 1 aromatic heterocycles. The number of aliphatic hydroxyl groups excluding tert-OH is 1. The second-order valence-corrected chi connectivity index (χ2v) is 7.00. The molecule has 108 valence electrons. The Balaban J connectivity index is 2.34. The van der Waals surface area contributed by atoms with Crippen LogP contribution in [0, 0.1) is 0 Å². The molecular weight excluding hydrogens is 322 g/mol. The normalized spacial score (nSPS) is 11.6. The number of sulfonamides is 1. The van der Waals surface area contributed by atoms with Crippen molar-refractivity contribution < 1.29 is 13.5 Å². The maximum atomic E-state index is 12.2. The van der Waals surface area contributed by atoms with Crippen molar-refractivity contribution >= 4 is 38.1 Å². The predicted octanol–water partition coefficient (Wildman–Crippen LogP) is 2.05. The standard InChI is InChI=1S/C11H12ClN3O3S2/c1-2-10-13-14-11(19-10)15-20(17,18)9-5-7(6-16)3-4-8(9)12/h3-5,16H,2,6H2,1H3,(H,14,15). The van der Waals surface area contributed by atoms with Crippen LogP contribution in [0.3, 0.4) is 0 Å². The molecule has 0 aliphatic heterocycles. The lowest BCUT2D eigenvalue weighted by molar-refractivity contribution is 0.281. The summed E-state index contributed by atoms with van der Waals surface area (Å²) in [6.45, 7) is 1.64. The molecule has 0 fully saturated rings. The van der Waals surface area contributed by atoms with Gasteiger partial charge in [-0.2, -0.15) is 0 Å². The summed E-state index contributed by atoms with van der Waals surface area (Å²) in [6.07, 6.45) is 0.681. The molecule has 0 saturated heterocycles. The number of hydrogen-bond acceptors (Lipinski definition) is 6. The Bertz CT molecular complexity index is 715. The van der Waals surface area contributed by atoms with Crippen molar-refractivity contribution in [3.63, 3.8) is 0 Å². The van der Waals surface area contributed by atoms with Crippen molar-refractivity contribution in [3.8, 4) is 0 Å². The predicted molar refractivity (Wildman–Crippen MR) is 77.5 cm³/mol. The van der Waals surface area contributed by atoms with Gasteiger partial charge in [0.2, 0.25) is 5.13 Å². The summed E-state index contributed by atoms with van der Waals surface area (Å²) in [4.78, 5) is -0.0982. The quantitative estimate of drug-likeness (QED) is 0.873. The molecule has 0 radical (unpaired) electrons. The van der Waals surface area contributed by atoms with Crippen LogP contribution in [0.5, 0.6) is 0 Å². The highest BCUT2D eigenvalue weighted by atomic mass is 35.5. The number of aliphatic hydroxyl groups is 1. The Kier molecular flexibility index (Phi) is 4.59. The lowest BCUT2D eigenvalue weighted by Gasteiger charge is -2.08. The Hall–Kier alpha value is -1.22. The van der Waals surface area contributed by atoms with E-state index in [1.54, 1.807) is 6.07 Å². The summed E-state index contributed by atoms with van der Waals surface area (Å²) in [6, 6.07) is 4.31. The fourth-order valence-corrected chi connectivity index (χ4v) is 3.92. The lowest BCUT2D eigenvalue weighted by atomic mass is 10.2. The van der Waals surface area contributed by atoms with Crippen molar-refractivity contribution in [1.29, 1.82) is 0 Å². The molecule has 6 nitrogen and oxygen atoms in total. The average Bonchev–Trinajstić information content (AvgIpc) is 2.86. The highest BCUT2D eigenvalue weighted by molar-refractivity contribution is 7.93. The van der Waals surface area contributed by atoms with Gasteiger partial charge in [0.25, 0.3) is 10.0 Å². The molecule has 1 aromatic carbocycles. The van der Waals surface area contributed by atoms with Gasteiger partial charge in [-0.15, -0.1) is 10.2 Å². The van der Waals surface area contributed by atoms with Crippen LogP contribution in [-0.4, -0.2) is 23.7 Å². The molecule has 2 N–H and O–H groups in total. The Labute approximate surface area is 125 Å². The van der Waals surface area contributed by atoms with Crippen molar-refractivity contribution in [2.75, 3.05) is 4.72 Å². The molecule has 0 saturated carbocycles. The Morgan fingerprint density at radius 3 is 2.75 bits per heavy atom. The minimum absolute atomic E-state index is 0.0786. The first kappa shape index (κ1) is 15.2. The second-order valence-electron chi connectivity index (χ2n) is 3.88. The third-order valence-electron chi connectivity index (χ3n) is 2.46. The summed E-state index contributed by atoms with van der Waals surface area (Å²) in [7, 11) is -3.86. The molecule has 2 rings (SSSR count). The molecule has 0 spiro atoms. The highest BCUT2D eigenvalue weighted by Gasteiger charge is 2.20. The third kappa shape index (κ3) is 3.26. The number of benzene rings is 1. The molecule has 2 aromatic rings. The van der Waals surface area contributed by atoms with Gasteiger partial charge in [0, 0.05) is 0 Å². The van der Waals surface area contributed by atoms with Crippen LogP contribution in [0.25, 0.3) is 0 Å². The molecule has 0 atom stereocenters. The Morgan fingerprint density at radius 2 is 2.15 bits per heavy atom. The minimum Gasteiger partial charge on any atom is -0.392 e. The molecule has 0 bridgehead atoms. The lowest BCUT2D eigenvalue weighted by Crippen LogP contribution is -2.13. The molecule has 9 heteroatoms. The third-order valence-corrected chi connectivity index (χ3v) is 5.39. The summed E-state index contributed by atoms with van der Waals surface area (Å²) < 4.78 is 26.8. The number of aryl methyl sites for hydroxylation is 1. The molecular formula is C11H12ClN3O3S2. The van der Waals surface area contributed by atoms with Crippen LogP contribution in [-0.2, 0) is 23.1 Å². The number of anilines is 1. The first-order valence-electron chi connectivity index (χ1n) is 5.70. The van der Waals surface area contributed by atoms with Gasteiger partial charge < -0.3 is 5.11 Å². The minimum atomic E-state index is -3.86. The van der Waals surface area contributed by atoms with E-state index >= 15 is 0 Å². The maximum Gasteiger partial charge on any atom is 0.265 e. The largest absolute Gasteiger partial charge is 0.392 e. The van der Waals surface area contributed by atoms with Crippen molar-refractivity contribution in [3.05, 3.63) is 33.8 Å². The van der Waals surface area contributed by atoms with Gasteiger partial charge in [0.05, 0.1) is 11.6 Å². The smallest absolute Gasteiger partial charge is 0.265 e. The van der Waals surface area contributed by atoms with Gasteiger partial charge in [0.15, 0.2) is 0 Å². The van der Waals surface area contributed by atoms with Gasteiger partial charge in [-0.25, -0.2) is 8.42 Å². The van der Waals surface area contributed by atoms with Gasteiger partial charge in [-0.05, 0) is 24.1 Å². The zero-order valence-electron chi connectivity index (χ0n) is 10.5. The van der Waals surface area contributed by atoms with Crippen LogP contribution >= 0.6 is 22.9 Å². The van der Waals surface area contributed by atoms with E-state index in [1.165, 1.54) is 23.5 Å². The first-order valence-corrected chi connectivity index (χ1v) is 8.38. The molecule has 0 aliphatic carbocycles. The number of nitrogens with one attached hydrogen (secondary N) is 1. The number of halogens is 1. The summed E-state index contributed by atoms with van der Waals surface area (Å²) >= 11 is 7.07. The number of nitrogens with zero attached hydrogens (tertiary/aromatic N) is 2. The monoisotopic (exact) mass is 333 g/mol. The topological polar surface area (TPSA) is 92.2 Å². The van der Waals surface area contributed by atoms with E-state index in [0.717, 1.165) is 5.01 Å². The molecule has 0 aliphatic rings. The van der Waals surface area contributed by atoms with E-state index in [2.05, 4.69) is 14.9 Å². The molecule has 1 heterocycles. The van der Waals surface area contributed by atoms with Crippen LogP contribution in [0.2, 0.25) is 5.02 Å². The van der Waals surface area contributed by atoms with Gasteiger partial charge in [-0.1, -0.05) is 35.9 Å². The number of aromatic nitrogens is 2. The summed E-state index contributed by atoms with van der Waals surface area (Å²) in [5, 5.41) is 17.7. The van der Waals surface area contributed by atoms with Gasteiger partial charge in [-0.3, -0.25) is 4.72 Å². The van der Waals surface area contributed by atoms with Gasteiger partial charge >= 0.3 is 0 Å². The van der Waals surface area contributed by atoms with Crippen molar-refractivity contribution in [2.24, 2.45) is 0 Å². The van der Waals surface area contributed by atoms with Crippen LogP contribution in [0.4, 0.5) is 5.13 Å². The molecule has 20 heavy (non-hydrogen) atoms.